The number of primary amides is 1. The Hall–Kier alpha value is -3.34. The highest BCUT2D eigenvalue weighted by atomic mass is 19.1. The van der Waals surface area contributed by atoms with Gasteiger partial charge in [-0.1, -0.05) is 47.0 Å². The van der Waals surface area contributed by atoms with Crippen molar-refractivity contribution < 1.29 is 13.9 Å². The Kier molecular flexibility index (Phi) is 5.68. The third-order valence-corrected chi connectivity index (χ3v) is 5.77. The quantitative estimate of drug-likeness (QED) is 0.554. The summed E-state index contributed by atoms with van der Waals surface area (Å²) in [6.45, 7) is 6.84. The summed E-state index contributed by atoms with van der Waals surface area (Å²) in [5.74, 6) is -0.954. The van der Waals surface area contributed by atoms with E-state index < -0.39 is 11.7 Å². The minimum absolute atomic E-state index is 0.0315. The van der Waals surface area contributed by atoms with Crippen molar-refractivity contribution >= 4 is 11.6 Å². The third kappa shape index (κ3) is 4.26. The first-order valence-electron chi connectivity index (χ1n) is 10.5. The van der Waals surface area contributed by atoms with E-state index in [4.69, 9.17) is 10.5 Å². The highest BCUT2D eigenvalue weighted by Crippen LogP contribution is 2.41. The number of carbonyl (C=O) groups excluding carboxylic acids is 1. The molecule has 1 amide bonds. The zero-order valence-electron chi connectivity index (χ0n) is 18.1. The summed E-state index contributed by atoms with van der Waals surface area (Å²) in [6.07, 6.45) is 1.90. The highest BCUT2D eigenvalue weighted by Gasteiger charge is 2.31. The smallest absolute Gasteiger partial charge is 0.252 e. The van der Waals surface area contributed by atoms with Gasteiger partial charge in [-0.15, -0.1) is 0 Å². The van der Waals surface area contributed by atoms with Gasteiger partial charge in [0.25, 0.3) is 5.91 Å². The van der Waals surface area contributed by atoms with Gasteiger partial charge in [0.1, 0.15) is 5.75 Å². The molecule has 0 spiro atoms. The molecule has 1 heterocycles. The molecule has 1 aliphatic heterocycles. The molecular formula is C26H27FN2O2. The van der Waals surface area contributed by atoms with Gasteiger partial charge < -0.3 is 15.4 Å². The van der Waals surface area contributed by atoms with Gasteiger partial charge in [-0.3, -0.25) is 4.79 Å². The molecule has 0 radical (unpaired) electrons. The number of carbonyl (C=O) groups is 1. The Morgan fingerprint density at radius 1 is 1.00 bits per heavy atom. The fraction of sp³-hybridized carbons (Fsp3) is 0.269. The van der Waals surface area contributed by atoms with E-state index in [1.807, 2.05) is 19.1 Å². The van der Waals surface area contributed by atoms with Gasteiger partial charge in [-0.25, -0.2) is 4.39 Å². The van der Waals surface area contributed by atoms with Crippen LogP contribution in [0.2, 0.25) is 0 Å². The van der Waals surface area contributed by atoms with Crippen molar-refractivity contribution in [3.05, 3.63) is 88.2 Å². The number of anilines is 1. The van der Waals surface area contributed by atoms with Crippen LogP contribution in [0.5, 0.6) is 11.5 Å². The van der Waals surface area contributed by atoms with Crippen molar-refractivity contribution in [1.29, 1.82) is 0 Å². The molecule has 1 aliphatic rings. The summed E-state index contributed by atoms with van der Waals surface area (Å²) < 4.78 is 21.6. The van der Waals surface area contributed by atoms with E-state index in [0.29, 0.717) is 11.4 Å². The zero-order chi connectivity index (χ0) is 22.1. The minimum atomic E-state index is -0.722. The number of ether oxygens (including phenoxy) is 1. The van der Waals surface area contributed by atoms with Gasteiger partial charge >= 0.3 is 0 Å². The van der Waals surface area contributed by atoms with Crippen LogP contribution in [0.4, 0.5) is 10.1 Å². The molecule has 160 valence electrons. The first kappa shape index (κ1) is 20.9. The number of halogens is 1. The molecule has 31 heavy (non-hydrogen) atoms. The van der Waals surface area contributed by atoms with Crippen LogP contribution in [0.3, 0.4) is 0 Å². The molecule has 4 nitrogen and oxygen atoms in total. The molecule has 1 unspecified atom stereocenters. The van der Waals surface area contributed by atoms with Crippen LogP contribution in [-0.4, -0.2) is 12.5 Å². The fourth-order valence-electron chi connectivity index (χ4n) is 4.39. The average Bonchev–Trinajstić information content (AvgIpc) is 3.19. The van der Waals surface area contributed by atoms with Gasteiger partial charge in [0.2, 0.25) is 0 Å². The summed E-state index contributed by atoms with van der Waals surface area (Å²) in [7, 11) is 0. The number of nitrogens with zero attached hydrogens (tertiary/aromatic N) is 1. The van der Waals surface area contributed by atoms with E-state index in [0.717, 1.165) is 24.9 Å². The second-order valence-corrected chi connectivity index (χ2v) is 8.33. The van der Waals surface area contributed by atoms with Crippen molar-refractivity contribution in [2.45, 2.75) is 39.7 Å². The molecule has 3 aromatic carbocycles. The lowest BCUT2D eigenvalue weighted by atomic mass is 9.99. The molecule has 1 saturated heterocycles. The van der Waals surface area contributed by atoms with E-state index in [2.05, 4.69) is 36.9 Å². The van der Waals surface area contributed by atoms with Crippen LogP contribution in [0.1, 0.15) is 51.5 Å². The first-order valence-corrected chi connectivity index (χ1v) is 10.5. The predicted octanol–water partition coefficient (Wildman–Crippen LogP) is 5.98. The standard InChI is InChI=1S/C26H27FN2O2/c1-16-6-8-20(9-7-16)31-25-21(26(28)30)10-11-23(24(25)27)29-12-4-5-22(29)19-14-17(2)13-18(3)15-19/h6-11,13-15,22H,4-5,12H2,1-3H3,(H2,28,30). The number of rotatable bonds is 5. The van der Waals surface area contributed by atoms with Crippen molar-refractivity contribution in [2.24, 2.45) is 5.73 Å². The maximum atomic E-state index is 15.8. The van der Waals surface area contributed by atoms with Crippen molar-refractivity contribution in [3.8, 4) is 11.5 Å². The lowest BCUT2D eigenvalue weighted by Crippen LogP contribution is -2.24. The maximum Gasteiger partial charge on any atom is 0.252 e. The van der Waals surface area contributed by atoms with Gasteiger partial charge in [-0.2, -0.15) is 0 Å². The summed E-state index contributed by atoms with van der Waals surface area (Å²) in [6, 6.07) is 17.0. The molecule has 3 aromatic rings. The molecule has 4 rings (SSSR count). The maximum absolute atomic E-state index is 15.8. The van der Waals surface area contributed by atoms with Crippen LogP contribution >= 0.6 is 0 Å². The van der Waals surface area contributed by atoms with Gasteiger partial charge in [0.15, 0.2) is 11.6 Å². The average molecular weight is 419 g/mol. The molecule has 0 aromatic heterocycles. The Bertz CT molecular complexity index is 1100. The minimum Gasteiger partial charge on any atom is -0.453 e. The number of amides is 1. The second kappa shape index (κ2) is 8.42. The number of hydrogen-bond donors (Lipinski definition) is 1. The first-order chi connectivity index (χ1) is 14.8. The largest absolute Gasteiger partial charge is 0.453 e. The van der Waals surface area contributed by atoms with Crippen LogP contribution in [-0.2, 0) is 0 Å². The van der Waals surface area contributed by atoms with Gasteiger partial charge in [0, 0.05) is 6.54 Å². The number of hydrogen-bond acceptors (Lipinski definition) is 3. The molecule has 0 aliphatic carbocycles. The van der Waals surface area contributed by atoms with E-state index in [1.54, 1.807) is 24.3 Å². The van der Waals surface area contributed by atoms with E-state index in [1.165, 1.54) is 16.7 Å². The molecule has 5 heteroatoms. The van der Waals surface area contributed by atoms with Crippen LogP contribution in [0, 0.1) is 26.6 Å². The van der Waals surface area contributed by atoms with Crippen LogP contribution < -0.4 is 15.4 Å². The topological polar surface area (TPSA) is 55.6 Å². The van der Waals surface area contributed by atoms with E-state index in [-0.39, 0.29) is 17.4 Å². The molecule has 0 bridgehead atoms. The molecule has 0 saturated carbocycles. The Balaban J connectivity index is 1.75. The van der Waals surface area contributed by atoms with Crippen LogP contribution in [0.15, 0.2) is 54.6 Å². The van der Waals surface area contributed by atoms with E-state index >= 15 is 4.39 Å². The molecular weight excluding hydrogens is 391 g/mol. The monoisotopic (exact) mass is 418 g/mol. The van der Waals surface area contributed by atoms with Crippen molar-refractivity contribution in [3.63, 3.8) is 0 Å². The Labute approximate surface area is 182 Å². The highest BCUT2D eigenvalue weighted by molar-refractivity contribution is 5.96. The van der Waals surface area contributed by atoms with Crippen molar-refractivity contribution in [1.82, 2.24) is 0 Å². The van der Waals surface area contributed by atoms with Gasteiger partial charge in [0.05, 0.1) is 17.3 Å². The second-order valence-electron chi connectivity index (χ2n) is 8.33. The summed E-state index contributed by atoms with van der Waals surface area (Å²) in [5, 5.41) is 0. The SMILES string of the molecule is Cc1ccc(Oc2c(C(N)=O)ccc(N3CCCC3c3cc(C)cc(C)c3)c2F)cc1. The lowest BCUT2D eigenvalue weighted by Gasteiger charge is -2.29. The van der Waals surface area contributed by atoms with Crippen molar-refractivity contribution in [2.75, 3.05) is 11.4 Å². The lowest BCUT2D eigenvalue weighted by molar-refractivity contribution is 0.0997. The normalized spacial score (nSPS) is 15.9. The molecule has 2 N–H and O–H groups in total. The summed E-state index contributed by atoms with van der Waals surface area (Å²) in [4.78, 5) is 14.0. The van der Waals surface area contributed by atoms with Crippen LogP contribution in [0.25, 0.3) is 0 Å². The Morgan fingerprint density at radius 3 is 2.32 bits per heavy atom. The van der Waals surface area contributed by atoms with E-state index in [9.17, 15) is 4.79 Å². The number of nitrogens with two attached hydrogens (primary N) is 1. The molecule has 1 fully saturated rings. The fourth-order valence-corrected chi connectivity index (χ4v) is 4.39. The third-order valence-electron chi connectivity index (χ3n) is 5.77. The predicted molar refractivity (Wildman–Crippen MR) is 121 cm³/mol. The zero-order valence-corrected chi connectivity index (χ0v) is 18.1. The molecule has 1 atom stereocenters. The summed E-state index contributed by atoms with van der Waals surface area (Å²) >= 11 is 0. The van der Waals surface area contributed by atoms with Gasteiger partial charge in [-0.05, 0) is 63.4 Å². The summed E-state index contributed by atoms with van der Waals surface area (Å²) in [5.41, 5.74) is 10.6. The Morgan fingerprint density at radius 2 is 1.68 bits per heavy atom. The number of aryl methyl sites for hydroxylation is 3. The number of benzene rings is 3.